The molecule has 0 aliphatic carbocycles. The third-order valence-electron chi connectivity index (χ3n) is 4.12. The Kier molecular flexibility index (Phi) is 5.34. The van der Waals surface area contributed by atoms with Gasteiger partial charge in [0.2, 0.25) is 11.7 Å². The molecule has 1 aliphatic heterocycles. The summed E-state index contributed by atoms with van der Waals surface area (Å²) in [5.74, 6) is -2.35. The van der Waals surface area contributed by atoms with E-state index in [2.05, 4.69) is 24.1 Å². The average molecular weight is 312 g/mol. The van der Waals surface area contributed by atoms with Crippen LogP contribution in [0.3, 0.4) is 0 Å². The minimum Gasteiger partial charge on any atom is -0.494 e. The summed E-state index contributed by atoms with van der Waals surface area (Å²) in [5, 5.41) is 2.69. The molecule has 2 rings (SSSR count). The van der Waals surface area contributed by atoms with Gasteiger partial charge in [-0.1, -0.05) is 6.07 Å². The van der Waals surface area contributed by atoms with E-state index in [-0.39, 0.29) is 29.7 Å². The van der Waals surface area contributed by atoms with Gasteiger partial charge in [-0.25, -0.2) is 4.39 Å². The molecule has 1 aliphatic rings. The third kappa shape index (κ3) is 3.55. The van der Waals surface area contributed by atoms with Gasteiger partial charge in [0.25, 0.3) is 0 Å². The number of hydrogen-bond donors (Lipinski definition) is 1. The van der Waals surface area contributed by atoms with Crippen LogP contribution in [0.5, 0.6) is 5.75 Å². The van der Waals surface area contributed by atoms with E-state index in [1.807, 2.05) is 0 Å². The lowest BCUT2D eigenvalue weighted by molar-refractivity contribution is -0.124. The predicted octanol–water partition coefficient (Wildman–Crippen LogP) is 2.32. The van der Waals surface area contributed by atoms with Crippen LogP contribution in [-0.4, -0.2) is 37.0 Å². The minimum atomic E-state index is -1.03. The van der Waals surface area contributed by atoms with Crippen molar-refractivity contribution in [2.45, 2.75) is 32.9 Å². The molecule has 1 aromatic carbocycles. The Bertz CT molecular complexity index is 549. The van der Waals surface area contributed by atoms with Gasteiger partial charge in [-0.05, 0) is 32.9 Å². The maximum absolute atomic E-state index is 13.8. The van der Waals surface area contributed by atoms with Crippen LogP contribution in [-0.2, 0) is 11.3 Å². The molecule has 0 spiro atoms. The molecule has 22 heavy (non-hydrogen) atoms. The van der Waals surface area contributed by atoms with Crippen molar-refractivity contribution in [1.82, 2.24) is 10.2 Å². The minimum absolute atomic E-state index is 0.0240. The lowest BCUT2D eigenvalue weighted by atomic mass is 10.1. The zero-order valence-corrected chi connectivity index (χ0v) is 13.2. The highest BCUT2D eigenvalue weighted by Crippen LogP contribution is 2.23. The molecule has 1 amide bonds. The van der Waals surface area contributed by atoms with Crippen molar-refractivity contribution in [2.24, 2.45) is 5.92 Å². The van der Waals surface area contributed by atoms with Crippen molar-refractivity contribution in [3.05, 3.63) is 29.3 Å². The Hall–Kier alpha value is -1.69. The molecule has 1 heterocycles. The molecule has 1 saturated heterocycles. The van der Waals surface area contributed by atoms with Crippen LogP contribution in [0.1, 0.15) is 25.8 Å². The van der Waals surface area contributed by atoms with E-state index in [0.29, 0.717) is 12.6 Å². The first-order valence-electron chi connectivity index (χ1n) is 7.46. The van der Waals surface area contributed by atoms with Crippen molar-refractivity contribution in [2.75, 3.05) is 20.2 Å². The summed E-state index contributed by atoms with van der Waals surface area (Å²) < 4.78 is 32.2. The number of ether oxygens (including phenoxy) is 1. The SMILES string of the molecule is COc1ccc(CNC(=O)[C@H]2CCN(C(C)C)C2)c(F)c1F. The number of carbonyl (C=O) groups excluding carboxylic acids is 1. The second kappa shape index (κ2) is 7.05. The first-order chi connectivity index (χ1) is 10.4. The molecule has 0 unspecified atom stereocenters. The van der Waals surface area contributed by atoms with Gasteiger partial charge in [-0.2, -0.15) is 4.39 Å². The summed E-state index contributed by atoms with van der Waals surface area (Å²) in [7, 11) is 1.28. The van der Waals surface area contributed by atoms with Crippen molar-refractivity contribution in [1.29, 1.82) is 0 Å². The van der Waals surface area contributed by atoms with E-state index in [1.54, 1.807) is 0 Å². The number of rotatable bonds is 5. The molecule has 6 heteroatoms. The van der Waals surface area contributed by atoms with Crippen LogP contribution in [0.15, 0.2) is 12.1 Å². The second-order valence-electron chi connectivity index (χ2n) is 5.85. The fraction of sp³-hybridized carbons (Fsp3) is 0.562. The maximum Gasteiger partial charge on any atom is 0.224 e. The smallest absolute Gasteiger partial charge is 0.224 e. The fourth-order valence-electron chi connectivity index (χ4n) is 2.66. The monoisotopic (exact) mass is 312 g/mol. The van der Waals surface area contributed by atoms with E-state index < -0.39 is 11.6 Å². The molecule has 122 valence electrons. The van der Waals surface area contributed by atoms with Gasteiger partial charge >= 0.3 is 0 Å². The predicted molar refractivity (Wildman–Crippen MR) is 79.6 cm³/mol. The van der Waals surface area contributed by atoms with E-state index in [1.165, 1.54) is 19.2 Å². The van der Waals surface area contributed by atoms with Crippen LogP contribution in [0.2, 0.25) is 0 Å². The molecule has 1 N–H and O–H groups in total. The molecular formula is C16H22F2N2O2. The molecule has 1 aromatic rings. The molecule has 1 atom stereocenters. The number of halogens is 2. The zero-order chi connectivity index (χ0) is 16.3. The van der Waals surface area contributed by atoms with Crippen LogP contribution in [0.25, 0.3) is 0 Å². The highest BCUT2D eigenvalue weighted by molar-refractivity contribution is 5.79. The van der Waals surface area contributed by atoms with Gasteiger partial charge in [-0.3, -0.25) is 4.79 Å². The standard InChI is InChI=1S/C16H22F2N2O2/c1-10(2)20-7-6-12(9-20)16(21)19-8-11-4-5-13(22-3)15(18)14(11)17/h4-5,10,12H,6-9H2,1-3H3,(H,19,21)/t12-/m0/s1. The summed E-state index contributed by atoms with van der Waals surface area (Å²) >= 11 is 0. The maximum atomic E-state index is 13.8. The van der Waals surface area contributed by atoms with Crippen LogP contribution in [0.4, 0.5) is 8.78 Å². The molecule has 0 saturated carbocycles. The molecular weight excluding hydrogens is 290 g/mol. The average Bonchev–Trinajstić information content (AvgIpc) is 2.99. The third-order valence-corrected chi connectivity index (χ3v) is 4.12. The molecule has 0 bridgehead atoms. The summed E-state index contributed by atoms with van der Waals surface area (Å²) in [6, 6.07) is 3.19. The Morgan fingerprint density at radius 3 is 2.73 bits per heavy atom. The zero-order valence-electron chi connectivity index (χ0n) is 13.2. The molecule has 1 fully saturated rings. The number of nitrogens with zero attached hydrogens (tertiary/aromatic N) is 1. The lowest BCUT2D eigenvalue weighted by Gasteiger charge is -2.20. The summed E-state index contributed by atoms with van der Waals surface area (Å²) in [4.78, 5) is 14.4. The van der Waals surface area contributed by atoms with E-state index in [9.17, 15) is 13.6 Å². The summed E-state index contributed by atoms with van der Waals surface area (Å²) in [5.41, 5.74) is 0.116. The van der Waals surface area contributed by atoms with Gasteiger partial charge in [0.15, 0.2) is 11.6 Å². The van der Waals surface area contributed by atoms with Crippen LogP contribution < -0.4 is 10.1 Å². The normalized spacial score (nSPS) is 18.7. The first-order valence-corrected chi connectivity index (χ1v) is 7.46. The van der Waals surface area contributed by atoms with Gasteiger partial charge in [0.05, 0.1) is 13.0 Å². The number of likely N-dealkylation sites (tertiary alicyclic amines) is 1. The Morgan fingerprint density at radius 1 is 1.41 bits per heavy atom. The number of amides is 1. The Morgan fingerprint density at radius 2 is 2.14 bits per heavy atom. The van der Waals surface area contributed by atoms with E-state index >= 15 is 0 Å². The summed E-state index contributed by atoms with van der Waals surface area (Å²) in [6.07, 6.45) is 0.795. The molecule has 0 radical (unpaired) electrons. The van der Waals surface area contributed by atoms with Crippen LogP contribution >= 0.6 is 0 Å². The van der Waals surface area contributed by atoms with Gasteiger partial charge < -0.3 is 15.0 Å². The van der Waals surface area contributed by atoms with Crippen molar-refractivity contribution >= 4 is 5.91 Å². The number of hydrogen-bond acceptors (Lipinski definition) is 3. The highest BCUT2D eigenvalue weighted by atomic mass is 19.2. The second-order valence-corrected chi connectivity index (χ2v) is 5.85. The quantitative estimate of drug-likeness (QED) is 0.907. The Labute approximate surface area is 129 Å². The molecule has 4 nitrogen and oxygen atoms in total. The lowest BCUT2D eigenvalue weighted by Crippen LogP contribution is -2.34. The number of methoxy groups -OCH3 is 1. The highest BCUT2D eigenvalue weighted by Gasteiger charge is 2.29. The largest absolute Gasteiger partial charge is 0.494 e. The van der Waals surface area contributed by atoms with Crippen LogP contribution in [0, 0.1) is 17.6 Å². The van der Waals surface area contributed by atoms with Gasteiger partial charge in [0, 0.05) is 24.7 Å². The first kappa shape index (κ1) is 16.7. The number of carbonyl (C=O) groups is 1. The van der Waals surface area contributed by atoms with Gasteiger partial charge in [0.1, 0.15) is 0 Å². The van der Waals surface area contributed by atoms with E-state index in [0.717, 1.165) is 13.0 Å². The summed E-state index contributed by atoms with van der Waals surface area (Å²) in [6.45, 7) is 5.76. The van der Waals surface area contributed by atoms with Crippen molar-refractivity contribution < 1.29 is 18.3 Å². The van der Waals surface area contributed by atoms with Crippen molar-refractivity contribution in [3.63, 3.8) is 0 Å². The Balaban J connectivity index is 1.93. The van der Waals surface area contributed by atoms with Crippen molar-refractivity contribution in [3.8, 4) is 5.75 Å². The number of benzene rings is 1. The number of nitrogens with one attached hydrogen (secondary N) is 1. The van der Waals surface area contributed by atoms with E-state index in [4.69, 9.17) is 4.74 Å². The molecule has 0 aromatic heterocycles. The van der Waals surface area contributed by atoms with Gasteiger partial charge in [-0.15, -0.1) is 0 Å². The topological polar surface area (TPSA) is 41.6 Å². The fourth-order valence-corrected chi connectivity index (χ4v) is 2.66.